The molecule has 0 atom stereocenters. The minimum absolute atomic E-state index is 0.00693. The number of likely N-dealkylation sites (tertiary alicyclic amines) is 2. The van der Waals surface area contributed by atoms with Gasteiger partial charge in [0.05, 0.1) is 0 Å². The Bertz CT molecular complexity index is 512. The Hall–Kier alpha value is -1.68. The zero-order valence-electron chi connectivity index (χ0n) is 13.4. The van der Waals surface area contributed by atoms with Crippen LogP contribution in [0.25, 0.3) is 0 Å². The normalized spacial score (nSPS) is 21.1. The first kappa shape index (κ1) is 19.6. The van der Waals surface area contributed by atoms with E-state index in [1.165, 1.54) is 6.92 Å². The van der Waals surface area contributed by atoms with E-state index in [9.17, 15) is 35.9 Å². The number of piperidine rings is 1. The molecule has 0 N–H and O–H groups in total. The van der Waals surface area contributed by atoms with Crippen molar-refractivity contribution in [2.75, 3.05) is 26.2 Å². The van der Waals surface area contributed by atoms with Gasteiger partial charge in [0, 0.05) is 33.1 Å². The monoisotopic (exact) mass is 376 g/mol. The second-order valence-electron chi connectivity index (χ2n) is 6.52. The third kappa shape index (κ3) is 4.49. The van der Waals surface area contributed by atoms with Gasteiger partial charge in [0.1, 0.15) is 0 Å². The molecule has 0 aliphatic carbocycles. The van der Waals surface area contributed by atoms with E-state index >= 15 is 0 Å². The summed E-state index contributed by atoms with van der Waals surface area (Å²) in [6, 6.07) is 0. The summed E-state index contributed by atoms with van der Waals surface area (Å²) in [6.45, 7) is 2.46. The maximum absolute atomic E-state index is 12.4. The second-order valence-corrected chi connectivity index (χ2v) is 6.52. The molecule has 1 spiro atoms. The highest BCUT2D eigenvalue weighted by atomic mass is 19.4. The number of ether oxygens (including phenoxy) is 1. The SMILES string of the molecule is CC(=O)N1CCC2(CCN(C(=O)OC(C(F)(F)F)C(F)(F)F)CC2)C1. The Labute approximate surface area is 139 Å². The average Bonchev–Trinajstić information content (AvgIpc) is 2.87. The molecule has 144 valence electrons. The topological polar surface area (TPSA) is 49.9 Å². The molecule has 2 saturated heterocycles. The van der Waals surface area contributed by atoms with E-state index in [0.29, 0.717) is 32.4 Å². The fraction of sp³-hybridized carbons (Fsp3) is 0.857. The van der Waals surface area contributed by atoms with E-state index in [4.69, 9.17) is 0 Å². The Morgan fingerprint density at radius 2 is 1.36 bits per heavy atom. The van der Waals surface area contributed by atoms with Crippen molar-refractivity contribution in [2.24, 2.45) is 5.41 Å². The Morgan fingerprint density at radius 3 is 1.72 bits per heavy atom. The smallest absolute Gasteiger partial charge is 0.426 e. The van der Waals surface area contributed by atoms with Gasteiger partial charge in [0.15, 0.2) is 0 Å². The van der Waals surface area contributed by atoms with Crippen LogP contribution in [0.4, 0.5) is 31.1 Å². The largest absolute Gasteiger partial charge is 0.434 e. The van der Waals surface area contributed by atoms with Gasteiger partial charge in [-0.1, -0.05) is 0 Å². The molecule has 0 bridgehead atoms. The van der Waals surface area contributed by atoms with Crippen molar-refractivity contribution in [3.8, 4) is 0 Å². The van der Waals surface area contributed by atoms with Crippen LogP contribution < -0.4 is 0 Å². The molecule has 2 amide bonds. The molecule has 0 unspecified atom stereocenters. The minimum atomic E-state index is -5.72. The van der Waals surface area contributed by atoms with Gasteiger partial charge >= 0.3 is 18.4 Å². The first-order chi connectivity index (χ1) is 11.3. The number of carbonyl (C=O) groups excluding carboxylic acids is 2. The Balaban J connectivity index is 1.94. The molecule has 0 aromatic carbocycles. The molecule has 2 heterocycles. The van der Waals surface area contributed by atoms with Crippen LogP contribution in [0.3, 0.4) is 0 Å². The van der Waals surface area contributed by atoms with Gasteiger partial charge in [0.25, 0.3) is 6.10 Å². The summed E-state index contributed by atoms with van der Waals surface area (Å²) in [5.41, 5.74) is -0.240. The van der Waals surface area contributed by atoms with E-state index in [0.717, 1.165) is 4.90 Å². The van der Waals surface area contributed by atoms with Gasteiger partial charge in [-0.15, -0.1) is 0 Å². The Morgan fingerprint density at radius 1 is 0.920 bits per heavy atom. The molecule has 2 rings (SSSR count). The van der Waals surface area contributed by atoms with Gasteiger partial charge in [-0.05, 0) is 24.7 Å². The third-order valence-electron chi connectivity index (χ3n) is 4.78. The van der Waals surface area contributed by atoms with Crippen molar-refractivity contribution in [1.82, 2.24) is 9.80 Å². The summed E-state index contributed by atoms with van der Waals surface area (Å²) < 4.78 is 78.4. The van der Waals surface area contributed by atoms with Crippen LogP contribution in [0.1, 0.15) is 26.2 Å². The van der Waals surface area contributed by atoms with E-state index in [-0.39, 0.29) is 24.4 Å². The fourth-order valence-electron chi connectivity index (χ4n) is 3.27. The van der Waals surface area contributed by atoms with Gasteiger partial charge in [-0.25, -0.2) is 4.79 Å². The summed E-state index contributed by atoms with van der Waals surface area (Å²) in [4.78, 5) is 25.6. The lowest BCUT2D eigenvalue weighted by molar-refractivity contribution is -0.308. The summed E-state index contributed by atoms with van der Waals surface area (Å²) in [7, 11) is 0. The summed E-state index contributed by atoms with van der Waals surface area (Å²) in [5, 5.41) is 0. The van der Waals surface area contributed by atoms with Gasteiger partial charge in [-0.2, -0.15) is 26.3 Å². The maximum atomic E-state index is 12.4. The van der Waals surface area contributed by atoms with E-state index < -0.39 is 24.5 Å². The molecule has 25 heavy (non-hydrogen) atoms. The lowest BCUT2D eigenvalue weighted by Gasteiger charge is -2.39. The fourth-order valence-corrected chi connectivity index (χ4v) is 3.27. The average molecular weight is 376 g/mol. The first-order valence-electron chi connectivity index (χ1n) is 7.69. The molecule has 2 fully saturated rings. The van der Waals surface area contributed by atoms with Gasteiger partial charge < -0.3 is 14.5 Å². The molecule has 0 aromatic rings. The summed E-state index contributed by atoms with van der Waals surface area (Å²) in [6.07, 6.45) is -15.7. The molecule has 0 radical (unpaired) electrons. The van der Waals surface area contributed by atoms with Crippen molar-refractivity contribution in [3.63, 3.8) is 0 Å². The van der Waals surface area contributed by atoms with Crippen LogP contribution in [0, 0.1) is 5.41 Å². The zero-order chi connectivity index (χ0) is 19.0. The number of hydrogen-bond donors (Lipinski definition) is 0. The van der Waals surface area contributed by atoms with Crippen molar-refractivity contribution < 1.29 is 40.7 Å². The van der Waals surface area contributed by atoms with Gasteiger partial charge in [0.2, 0.25) is 5.91 Å². The highest BCUT2D eigenvalue weighted by Crippen LogP contribution is 2.41. The van der Waals surface area contributed by atoms with Crippen LogP contribution in [-0.4, -0.2) is 66.4 Å². The minimum Gasteiger partial charge on any atom is -0.426 e. The first-order valence-corrected chi connectivity index (χ1v) is 7.69. The van der Waals surface area contributed by atoms with Crippen LogP contribution in [0.2, 0.25) is 0 Å². The third-order valence-corrected chi connectivity index (χ3v) is 4.78. The van der Waals surface area contributed by atoms with Crippen molar-refractivity contribution in [2.45, 2.75) is 44.6 Å². The summed E-state index contributed by atoms with van der Waals surface area (Å²) in [5.74, 6) is -0.0862. The highest BCUT2D eigenvalue weighted by Gasteiger charge is 2.60. The number of nitrogens with zero attached hydrogens (tertiary/aromatic N) is 2. The molecule has 5 nitrogen and oxygen atoms in total. The molecule has 2 aliphatic heterocycles. The van der Waals surface area contributed by atoms with Crippen LogP contribution >= 0.6 is 0 Å². The number of carbonyl (C=O) groups is 2. The predicted molar refractivity (Wildman–Crippen MR) is 72.5 cm³/mol. The lowest BCUT2D eigenvalue weighted by Crippen LogP contribution is -2.50. The number of halogens is 6. The van der Waals surface area contributed by atoms with Crippen molar-refractivity contribution >= 4 is 12.0 Å². The van der Waals surface area contributed by atoms with Crippen LogP contribution in [0.5, 0.6) is 0 Å². The maximum Gasteiger partial charge on any atom is 0.434 e. The molecule has 11 heteroatoms. The molecule has 0 aromatic heterocycles. The lowest BCUT2D eigenvalue weighted by atomic mass is 9.78. The Kier molecular flexibility index (Phi) is 5.16. The number of amides is 2. The van der Waals surface area contributed by atoms with Crippen molar-refractivity contribution in [1.29, 1.82) is 0 Å². The molecular formula is C14H18F6N2O3. The standard InChI is InChI=1S/C14H18F6N2O3/c1-9(23)22-7-4-12(8-22)2-5-21(6-3-12)11(24)25-10(13(15,16)17)14(18,19)20/h10H,2-8H2,1H3. The number of hydrogen-bond acceptors (Lipinski definition) is 3. The number of alkyl halides is 6. The predicted octanol–water partition coefficient (Wildman–Crippen LogP) is 2.95. The second kappa shape index (κ2) is 6.56. The van der Waals surface area contributed by atoms with E-state index in [1.54, 1.807) is 4.90 Å². The van der Waals surface area contributed by atoms with Crippen molar-refractivity contribution in [3.05, 3.63) is 0 Å². The zero-order valence-corrected chi connectivity index (χ0v) is 13.4. The van der Waals surface area contributed by atoms with Crippen LogP contribution in [-0.2, 0) is 9.53 Å². The van der Waals surface area contributed by atoms with E-state index in [2.05, 4.69) is 4.74 Å². The van der Waals surface area contributed by atoms with E-state index in [1.807, 2.05) is 0 Å². The quantitative estimate of drug-likeness (QED) is 0.662. The molecular weight excluding hydrogens is 358 g/mol. The van der Waals surface area contributed by atoms with Gasteiger partial charge in [-0.3, -0.25) is 4.79 Å². The molecule has 0 saturated carbocycles. The number of rotatable bonds is 1. The highest BCUT2D eigenvalue weighted by molar-refractivity contribution is 5.73. The summed E-state index contributed by atoms with van der Waals surface area (Å²) >= 11 is 0. The van der Waals surface area contributed by atoms with Crippen LogP contribution in [0.15, 0.2) is 0 Å². The molecule has 2 aliphatic rings.